The van der Waals surface area contributed by atoms with E-state index in [2.05, 4.69) is 14.9 Å². The van der Waals surface area contributed by atoms with Crippen molar-refractivity contribution >= 4 is 38.9 Å². The molecular formula is C17H16ClN3OS. The van der Waals surface area contributed by atoms with Crippen LogP contribution in [0.25, 0.3) is 10.1 Å². The van der Waals surface area contributed by atoms with Crippen LogP contribution in [0.3, 0.4) is 0 Å². The van der Waals surface area contributed by atoms with Crippen molar-refractivity contribution in [3.63, 3.8) is 0 Å². The van der Waals surface area contributed by atoms with E-state index in [1.54, 1.807) is 0 Å². The van der Waals surface area contributed by atoms with Crippen molar-refractivity contribution in [2.75, 3.05) is 0 Å². The summed E-state index contributed by atoms with van der Waals surface area (Å²) in [4.78, 5) is 17.7. The van der Waals surface area contributed by atoms with Crippen LogP contribution in [0.15, 0.2) is 30.5 Å². The number of benzene rings is 1. The van der Waals surface area contributed by atoms with Gasteiger partial charge in [-0.15, -0.1) is 11.3 Å². The first-order chi connectivity index (χ1) is 11.1. The average Bonchev–Trinajstić information content (AvgIpc) is 3.07. The van der Waals surface area contributed by atoms with Crippen molar-refractivity contribution in [3.05, 3.63) is 51.9 Å². The minimum absolute atomic E-state index is 0.0820. The number of aryl methyl sites for hydroxylation is 2. The zero-order valence-corrected chi connectivity index (χ0v) is 14.2. The molecule has 3 aromatic rings. The van der Waals surface area contributed by atoms with Gasteiger partial charge in [0.1, 0.15) is 10.7 Å². The molecule has 0 spiro atoms. The van der Waals surface area contributed by atoms with Crippen molar-refractivity contribution in [2.24, 2.45) is 0 Å². The van der Waals surface area contributed by atoms with Crippen LogP contribution in [-0.2, 0) is 13.0 Å². The number of hydrogen-bond acceptors (Lipinski definition) is 3. The highest BCUT2D eigenvalue weighted by atomic mass is 35.5. The second-order valence-corrected chi connectivity index (χ2v) is 7.33. The van der Waals surface area contributed by atoms with Crippen LogP contribution >= 0.6 is 22.9 Å². The molecule has 4 nitrogen and oxygen atoms in total. The third kappa shape index (κ3) is 2.64. The lowest BCUT2D eigenvalue weighted by atomic mass is 10.1. The molecule has 118 valence electrons. The van der Waals surface area contributed by atoms with Gasteiger partial charge in [-0.05, 0) is 19.4 Å². The summed E-state index contributed by atoms with van der Waals surface area (Å²) in [6.07, 6.45) is 3.84. The number of nitrogens with zero attached hydrogens (tertiary/aromatic N) is 2. The second kappa shape index (κ2) is 5.65. The van der Waals surface area contributed by atoms with Gasteiger partial charge >= 0.3 is 0 Å². The summed E-state index contributed by atoms with van der Waals surface area (Å²) in [6.45, 7) is 2.76. The van der Waals surface area contributed by atoms with Gasteiger partial charge in [0.05, 0.1) is 10.7 Å². The van der Waals surface area contributed by atoms with Crippen LogP contribution in [0.4, 0.5) is 0 Å². The SMILES string of the molecule is Cc1cn2c(n1)CC[C@H](NC(=O)c1sc3ccccc3c1Cl)C2. The van der Waals surface area contributed by atoms with Crippen LogP contribution in [-0.4, -0.2) is 21.5 Å². The Bertz CT molecular complexity index is 899. The predicted molar refractivity (Wildman–Crippen MR) is 93.4 cm³/mol. The van der Waals surface area contributed by atoms with E-state index < -0.39 is 0 Å². The lowest BCUT2D eigenvalue weighted by Crippen LogP contribution is -2.40. The zero-order chi connectivity index (χ0) is 16.0. The largest absolute Gasteiger partial charge is 0.347 e. The van der Waals surface area contributed by atoms with E-state index in [0.717, 1.165) is 41.0 Å². The van der Waals surface area contributed by atoms with E-state index in [1.165, 1.54) is 11.3 Å². The minimum Gasteiger partial charge on any atom is -0.347 e. The zero-order valence-electron chi connectivity index (χ0n) is 12.7. The van der Waals surface area contributed by atoms with Crippen molar-refractivity contribution in [3.8, 4) is 0 Å². The molecule has 3 heterocycles. The number of nitrogens with one attached hydrogen (secondary N) is 1. The number of hydrogen-bond donors (Lipinski definition) is 1. The predicted octanol–water partition coefficient (Wildman–Crippen LogP) is 3.80. The highest BCUT2D eigenvalue weighted by Crippen LogP contribution is 2.35. The lowest BCUT2D eigenvalue weighted by Gasteiger charge is -2.24. The maximum absolute atomic E-state index is 12.6. The summed E-state index contributed by atoms with van der Waals surface area (Å²) in [6, 6.07) is 7.95. The number of imidazole rings is 1. The Kier molecular flexibility index (Phi) is 3.62. The van der Waals surface area contributed by atoms with Gasteiger partial charge < -0.3 is 9.88 Å². The number of fused-ring (bicyclic) bond motifs is 2. The molecule has 1 aliphatic heterocycles. The number of thiophene rings is 1. The summed E-state index contributed by atoms with van der Waals surface area (Å²) in [7, 11) is 0. The normalized spacial score (nSPS) is 17.2. The average molecular weight is 346 g/mol. The van der Waals surface area contributed by atoms with Gasteiger partial charge in [0.25, 0.3) is 5.91 Å². The van der Waals surface area contributed by atoms with Crippen molar-refractivity contribution in [1.82, 2.24) is 14.9 Å². The van der Waals surface area contributed by atoms with Gasteiger partial charge in [-0.2, -0.15) is 0 Å². The summed E-state index contributed by atoms with van der Waals surface area (Å²) in [5.41, 5.74) is 1.03. The summed E-state index contributed by atoms with van der Waals surface area (Å²) in [5, 5.41) is 4.62. The van der Waals surface area contributed by atoms with Crippen molar-refractivity contribution in [2.45, 2.75) is 32.4 Å². The fourth-order valence-electron chi connectivity index (χ4n) is 3.12. The first-order valence-electron chi connectivity index (χ1n) is 7.62. The van der Waals surface area contributed by atoms with Gasteiger partial charge in [-0.3, -0.25) is 4.79 Å². The number of aromatic nitrogens is 2. The first-order valence-corrected chi connectivity index (χ1v) is 8.82. The van der Waals surface area contributed by atoms with Crippen LogP contribution in [0, 0.1) is 6.92 Å². The molecule has 0 saturated carbocycles. The minimum atomic E-state index is -0.0820. The summed E-state index contributed by atoms with van der Waals surface area (Å²) in [5.74, 6) is 1.02. The molecule has 0 fully saturated rings. The van der Waals surface area contributed by atoms with Gasteiger partial charge in [0.2, 0.25) is 0 Å². The quantitative estimate of drug-likeness (QED) is 0.767. The van der Waals surface area contributed by atoms with Crippen molar-refractivity contribution < 1.29 is 4.79 Å². The number of rotatable bonds is 2. The fourth-order valence-corrected chi connectivity index (χ4v) is 4.54. The molecule has 0 unspecified atom stereocenters. The highest BCUT2D eigenvalue weighted by Gasteiger charge is 2.24. The Morgan fingerprint density at radius 2 is 2.26 bits per heavy atom. The van der Waals surface area contributed by atoms with E-state index in [-0.39, 0.29) is 11.9 Å². The molecule has 1 amide bonds. The van der Waals surface area contributed by atoms with E-state index >= 15 is 0 Å². The molecule has 1 atom stereocenters. The molecule has 23 heavy (non-hydrogen) atoms. The molecule has 0 aliphatic carbocycles. The Morgan fingerprint density at radius 3 is 3.09 bits per heavy atom. The summed E-state index contributed by atoms with van der Waals surface area (Å²) < 4.78 is 3.18. The van der Waals surface area contributed by atoms with Gasteiger partial charge in [-0.25, -0.2) is 4.98 Å². The maximum Gasteiger partial charge on any atom is 0.263 e. The molecule has 0 saturated heterocycles. The topological polar surface area (TPSA) is 46.9 Å². The smallest absolute Gasteiger partial charge is 0.263 e. The summed E-state index contributed by atoms with van der Waals surface area (Å²) >= 11 is 7.84. The van der Waals surface area contributed by atoms with Gasteiger partial charge in [-0.1, -0.05) is 29.8 Å². The van der Waals surface area contributed by atoms with Crippen LogP contribution in [0.1, 0.15) is 27.6 Å². The van der Waals surface area contributed by atoms with Gasteiger partial charge in [0, 0.05) is 35.3 Å². The third-order valence-corrected chi connectivity index (χ3v) is 5.86. The highest BCUT2D eigenvalue weighted by molar-refractivity contribution is 7.21. The van der Waals surface area contributed by atoms with Crippen LogP contribution in [0.2, 0.25) is 5.02 Å². The molecule has 6 heteroatoms. The molecule has 2 aromatic heterocycles. The standard InChI is InChI=1S/C17H16ClN3OS/c1-10-8-21-9-11(6-7-14(21)19-10)20-17(22)16-15(18)12-4-2-3-5-13(12)23-16/h2-5,8,11H,6-7,9H2,1H3,(H,20,22)/t11-/m0/s1. The molecule has 4 rings (SSSR count). The Labute approximate surface area is 143 Å². The monoisotopic (exact) mass is 345 g/mol. The lowest BCUT2D eigenvalue weighted by molar-refractivity contribution is 0.0932. The van der Waals surface area contributed by atoms with Gasteiger partial charge in [0.15, 0.2) is 0 Å². The Balaban J connectivity index is 1.55. The number of amides is 1. The maximum atomic E-state index is 12.6. The molecular weight excluding hydrogens is 330 g/mol. The number of carbonyl (C=O) groups is 1. The second-order valence-electron chi connectivity index (χ2n) is 5.90. The molecule has 1 aliphatic rings. The van der Waals surface area contributed by atoms with Crippen LogP contribution < -0.4 is 5.32 Å². The molecule has 0 bridgehead atoms. The fraction of sp³-hybridized carbons (Fsp3) is 0.294. The Hall–Kier alpha value is -1.85. The Morgan fingerprint density at radius 1 is 1.43 bits per heavy atom. The van der Waals surface area contributed by atoms with Crippen molar-refractivity contribution in [1.29, 1.82) is 0 Å². The number of carbonyl (C=O) groups excluding carboxylic acids is 1. The van der Waals surface area contributed by atoms with Crippen LogP contribution in [0.5, 0.6) is 0 Å². The molecule has 1 aromatic carbocycles. The first kappa shape index (κ1) is 14.7. The number of halogens is 1. The van der Waals surface area contributed by atoms with E-state index in [9.17, 15) is 4.79 Å². The molecule has 1 N–H and O–H groups in total. The third-order valence-electron chi connectivity index (χ3n) is 4.19. The van der Waals surface area contributed by atoms with E-state index in [0.29, 0.717) is 9.90 Å². The molecule has 0 radical (unpaired) electrons. The van der Waals surface area contributed by atoms with E-state index in [1.807, 2.05) is 37.4 Å². The van der Waals surface area contributed by atoms with E-state index in [4.69, 9.17) is 11.6 Å².